The van der Waals surface area contributed by atoms with Crippen LogP contribution >= 0.6 is 34.8 Å². The first-order valence-corrected chi connectivity index (χ1v) is 8.76. The number of amides is 1. The Morgan fingerprint density at radius 3 is 2.67 bits per heavy atom. The Hall–Kier alpha value is -2.06. The van der Waals surface area contributed by atoms with Gasteiger partial charge in [0.15, 0.2) is 5.11 Å². The lowest BCUT2D eigenvalue weighted by molar-refractivity contribution is 0.0977. The van der Waals surface area contributed by atoms with Crippen LogP contribution in [0.3, 0.4) is 0 Å². The Morgan fingerprint density at radius 1 is 1.08 bits per heavy atom. The molecule has 0 aliphatic rings. The SMILES string of the molecule is Cc1ccc2cccc(NC(=S)NC(=O)c3ccccc3I)c2n1. The molecule has 0 atom stereocenters. The minimum Gasteiger partial charge on any atom is -0.331 e. The summed E-state index contributed by atoms with van der Waals surface area (Å²) in [5, 5.41) is 7.04. The molecule has 0 saturated heterocycles. The largest absolute Gasteiger partial charge is 0.331 e. The lowest BCUT2D eigenvalue weighted by Gasteiger charge is -2.12. The number of para-hydroxylation sites is 1. The molecule has 3 rings (SSSR count). The van der Waals surface area contributed by atoms with Gasteiger partial charge in [-0.15, -0.1) is 0 Å². The smallest absolute Gasteiger partial charge is 0.258 e. The van der Waals surface area contributed by atoms with Crippen molar-refractivity contribution in [1.82, 2.24) is 10.3 Å². The molecule has 2 aromatic carbocycles. The predicted octanol–water partition coefficient (Wildman–Crippen LogP) is 4.27. The van der Waals surface area contributed by atoms with Gasteiger partial charge in [-0.05, 0) is 66.0 Å². The lowest BCUT2D eigenvalue weighted by Crippen LogP contribution is -2.34. The summed E-state index contributed by atoms with van der Waals surface area (Å²) in [4.78, 5) is 16.9. The van der Waals surface area contributed by atoms with Crippen LogP contribution in [0.15, 0.2) is 54.6 Å². The predicted molar refractivity (Wildman–Crippen MR) is 109 cm³/mol. The molecule has 1 heterocycles. The van der Waals surface area contributed by atoms with E-state index < -0.39 is 0 Å². The molecule has 1 amide bonds. The van der Waals surface area contributed by atoms with Crippen molar-refractivity contribution in [1.29, 1.82) is 0 Å². The van der Waals surface area contributed by atoms with Gasteiger partial charge in [-0.1, -0.05) is 30.3 Å². The van der Waals surface area contributed by atoms with Crippen molar-refractivity contribution in [2.75, 3.05) is 5.32 Å². The van der Waals surface area contributed by atoms with Gasteiger partial charge in [-0.25, -0.2) is 0 Å². The van der Waals surface area contributed by atoms with Crippen molar-refractivity contribution in [3.63, 3.8) is 0 Å². The number of thiocarbonyl (C=S) groups is 1. The van der Waals surface area contributed by atoms with Gasteiger partial charge >= 0.3 is 0 Å². The number of hydrogen-bond donors (Lipinski definition) is 2. The van der Waals surface area contributed by atoms with Crippen LogP contribution in [0.2, 0.25) is 0 Å². The standard InChI is InChI=1S/C18H14IN3OS/c1-11-9-10-12-5-4-8-15(16(12)20-11)21-18(24)22-17(23)13-6-2-3-7-14(13)19/h2-10H,1H3,(H2,21,22,23,24). The van der Waals surface area contributed by atoms with E-state index in [-0.39, 0.29) is 11.0 Å². The number of rotatable bonds is 2. The molecule has 0 fully saturated rings. The van der Waals surface area contributed by atoms with E-state index in [4.69, 9.17) is 12.2 Å². The maximum atomic E-state index is 12.3. The van der Waals surface area contributed by atoms with Crippen molar-refractivity contribution >= 4 is 62.4 Å². The number of nitrogens with zero attached hydrogens (tertiary/aromatic N) is 1. The zero-order chi connectivity index (χ0) is 17.1. The number of anilines is 1. The first-order valence-electron chi connectivity index (χ1n) is 7.28. The summed E-state index contributed by atoms with van der Waals surface area (Å²) in [7, 11) is 0. The van der Waals surface area contributed by atoms with E-state index in [0.29, 0.717) is 5.56 Å². The van der Waals surface area contributed by atoms with Crippen LogP contribution in [-0.2, 0) is 0 Å². The zero-order valence-electron chi connectivity index (χ0n) is 12.8. The fourth-order valence-electron chi connectivity index (χ4n) is 2.31. The molecule has 0 bridgehead atoms. The molecule has 3 aromatic rings. The van der Waals surface area contributed by atoms with Gasteiger partial charge in [0.05, 0.1) is 16.8 Å². The number of aryl methyl sites for hydroxylation is 1. The molecule has 0 radical (unpaired) electrons. The molecule has 2 N–H and O–H groups in total. The van der Waals surface area contributed by atoms with Crippen LogP contribution in [-0.4, -0.2) is 16.0 Å². The second-order valence-corrected chi connectivity index (χ2v) is 6.79. The first-order chi connectivity index (χ1) is 11.5. The molecule has 0 unspecified atom stereocenters. The molecule has 6 heteroatoms. The Morgan fingerprint density at radius 2 is 1.88 bits per heavy atom. The molecule has 0 spiro atoms. The highest BCUT2D eigenvalue weighted by molar-refractivity contribution is 14.1. The summed E-state index contributed by atoms with van der Waals surface area (Å²) in [6.45, 7) is 1.94. The van der Waals surface area contributed by atoms with Crippen molar-refractivity contribution in [3.8, 4) is 0 Å². The van der Waals surface area contributed by atoms with Crippen molar-refractivity contribution in [3.05, 3.63) is 69.4 Å². The number of pyridine rings is 1. The van der Waals surface area contributed by atoms with Crippen molar-refractivity contribution in [2.24, 2.45) is 0 Å². The van der Waals surface area contributed by atoms with E-state index >= 15 is 0 Å². The second kappa shape index (κ2) is 7.23. The Kier molecular flexibility index (Phi) is 5.06. The zero-order valence-corrected chi connectivity index (χ0v) is 15.8. The number of halogens is 1. The molecule has 120 valence electrons. The number of carbonyl (C=O) groups is 1. The Bertz CT molecular complexity index is 942. The van der Waals surface area contributed by atoms with Gasteiger partial charge in [-0.3, -0.25) is 15.1 Å². The fourth-order valence-corrected chi connectivity index (χ4v) is 3.15. The summed E-state index contributed by atoms with van der Waals surface area (Å²) >= 11 is 7.40. The average Bonchev–Trinajstić information content (AvgIpc) is 2.55. The van der Waals surface area contributed by atoms with Gasteiger partial charge in [0, 0.05) is 14.7 Å². The molecule has 24 heavy (non-hydrogen) atoms. The summed E-state index contributed by atoms with van der Waals surface area (Å²) < 4.78 is 0.873. The van der Waals surface area contributed by atoms with Crippen molar-refractivity contribution in [2.45, 2.75) is 6.92 Å². The number of carbonyl (C=O) groups excluding carboxylic acids is 1. The maximum absolute atomic E-state index is 12.3. The van der Waals surface area contributed by atoms with Crippen LogP contribution in [0.5, 0.6) is 0 Å². The summed E-state index contributed by atoms with van der Waals surface area (Å²) in [6, 6.07) is 17.1. The third-order valence-electron chi connectivity index (χ3n) is 3.45. The topological polar surface area (TPSA) is 54.0 Å². The molecule has 4 nitrogen and oxygen atoms in total. The van der Waals surface area contributed by atoms with E-state index in [2.05, 4.69) is 38.2 Å². The Balaban J connectivity index is 1.79. The number of fused-ring (bicyclic) bond motifs is 1. The van der Waals surface area contributed by atoms with Gasteiger partial charge in [0.25, 0.3) is 5.91 Å². The molecular formula is C18H14IN3OS. The minimum atomic E-state index is -0.234. The highest BCUT2D eigenvalue weighted by Gasteiger charge is 2.12. The monoisotopic (exact) mass is 447 g/mol. The van der Waals surface area contributed by atoms with E-state index in [0.717, 1.165) is 25.9 Å². The van der Waals surface area contributed by atoms with Crippen LogP contribution < -0.4 is 10.6 Å². The van der Waals surface area contributed by atoms with Crippen LogP contribution in [0.25, 0.3) is 10.9 Å². The van der Waals surface area contributed by atoms with E-state index in [9.17, 15) is 4.79 Å². The van der Waals surface area contributed by atoms with Gasteiger partial charge < -0.3 is 5.32 Å². The highest BCUT2D eigenvalue weighted by Crippen LogP contribution is 2.21. The van der Waals surface area contributed by atoms with E-state index in [1.165, 1.54) is 0 Å². The lowest BCUT2D eigenvalue weighted by atomic mass is 10.2. The van der Waals surface area contributed by atoms with Gasteiger partial charge in [-0.2, -0.15) is 0 Å². The van der Waals surface area contributed by atoms with Crippen molar-refractivity contribution < 1.29 is 4.79 Å². The van der Waals surface area contributed by atoms with Crippen LogP contribution in [0, 0.1) is 10.5 Å². The highest BCUT2D eigenvalue weighted by atomic mass is 127. The van der Waals surface area contributed by atoms with Crippen LogP contribution in [0.1, 0.15) is 16.1 Å². The number of benzene rings is 2. The molecule has 1 aromatic heterocycles. The van der Waals surface area contributed by atoms with E-state index in [1.54, 1.807) is 6.07 Å². The Labute approximate surface area is 158 Å². The van der Waals surface area contributed by atoms with E-state index in [1.807, 2.05) is 55.5 Å². The quantitative estimate of drug-likeness (QED) is 0.455. The third kappa shape index (κ3) is 3.70. The number of hydrogen-bond acceptors (Lipinski definition) is 3. The molecule has 0 saturated carbocycles. The molecule has 0 aliphatic carbocycles. The van der Waals surface area contributed by atoms with Gasteiger partial charge in [0.2, 0.25) is 0 Å². The molecule has 0 aliphatic heterocycles. The first kappa shape index (κ1) is 16.8. The average molecular weight is 447 g/mol. The maximum Gasteiger partial charge on any atom is 0.258 e. The third-order valence-corrected chi connectivity index (χ3v) is 4.60. The molecular weight excluding hydrogens is 433 g/mol. The summed E-state index contributed by atoms with van der Waals surface area (Å²) in [6.07, 6.45) is 0. The number of aromatic nitrogens is 1. The fraction of sp³-hybridized carbons (Fsp3) is 0.0556. The normalized spacial score (nSPS) is 10.4. The van der Waals surface area contributed by atoms with Gasteiger partial charge in [0.1, 0.15) is 0 Å². The minimum absolute atomic E-state index is 0.234. The summed E-state index contributed by atoms with van der Waals surface area (Å²) in [5.41, 5.74) is 3.10. The summed E-state index contributed by atoms with van der Waals surface area (Å²) in [5.74, 6) is -0.234. The van der Waals surface area contributed by atoms with Crippen LogP contribution in [0.4, 0.5) is 5.69 Å². The second-order valence-electron chi connectivity index (χ2n) is 5.22. The number of nitrogens with one attached hydrogen (secondary N) is 2.